The van der Waals surface area contributed by atoms with Crippen LogP contribution in [0.1, 0.15) is 33.6 Å². The molecule has 0 bridgehead atoms. The first-order valence-corrected chi connectivity index (χ1v) is 6.22. The maximum atomic E-state index is 12.1. The Labute approximate surface area is 106 Å². The largest absolute Gasteiger partial charge is 0.294 e. The fourth-order valence-corrected chi connectivity index (χ4v) is 2.49. The van der Waals surface area contributed by atoms with E-state index in [-0.39, 0.29) is 5.78 Å². The third kappa shape index (κ3) is 2.06. The highest BCUT2D eigenvalue weighted by atomic mass is 16.1. The van der Waals surface area contributed by atoms with Gasteiger partial charge in [-0.05, 0) is 36.5 Å². The number of aromatic nitrogens is 3. The van der Waals surface area contributed by atoms with Crippen molar-refractivity contribution >= 4 is 5.78 Å². The first-order chi connectivity index (χ1) is 8.72. The van der Waals surface area contributed by atoms with Gasteiger partial charge < -0.3 is 0 Å². The second-order valence-corrected chi connectivity index (χ2v) is 4.82. The van der Waals surface area contributed by atoms with Crippen LogP contribution in [-0.2, 0) is 26.3 Å². The Hall–Kier alpha value is -1.97. The summed E-state index contributed by atoms with van der Waals surface area (Å²) >= 11 is 0. The minimum atomic E-state index is 0.116. The molecule has 18 heavy (non-hydrogen) atoms. The maximum absolute atomic E-state index is 12.1. The van der Waals surface area contributed by atoms with E-state index < -0.39 is 0 Å². The fraction of sp³-hybridized carbons (Fsp3) is 0.357. The molecule has 2 aromatic rings. The molecule has 92 valence electrons. The highest BCUT2D eigenvalue weighted by Gasteiger charge is 2.15. The number of benzene rings is 1. The number of ketones is 1. The molecule has 0 unspecified atom stereocenters. The number of fused-ring (bicyclic) bond motifs is 1. The van der Waals surface area contributed by atoms with Crippen molar-refractivity contribution in [2.75, 3.05) is 0 Å². The summed E-state index contributed by atoms with van der Waals surface area (Å²) in [5.41, 5.74) is 4.25. The molecule has 0 saturated heterocycles. The Morgan fingerprint density at radius 3 is 2.94 bits per heavy atom. The Morgan fingerprint density at radius 2 is 2.17 bits per heavy atom. The van der Waals surface area contributed by atoms with Gasteiger partial charge in [0.2, 0.25) is 0 Å². The van der Waals surface area contributed by atoms with Crippen molar-refractivity contribution in [3.63, 3.8) is 0 Å². The van der Waals surface area contributed by atoms with Crippen LogP contribution in [0.2, 0.25) is 0 Å². The summed E-state index contributed by atoms with van der Waals surface area (Å²) in [6.07, 6.45) is 5.56. The van der Waals surface area contributed by atoms with Gasteiger partial charge in [-0.25, -0.2) is 0 Å². The van der Waals surface area contributed by atoms with Gasteiger partial charge in [0.25, 0.3) is 0 Å². The molecular weight excluding hydrogens is 226 g/mol. The molecule has 0 atom stereocenters. The van der Waals surface area contributed by atoms with E-state index in [1.807, 2.05) is 12.1 Å². The molecule has 3 rings (SSSR count). The smallest absolute Gasteiger partial charge is 0.168 e. The van der Waals surface area contributed by atoms with Crippen LogP contribution >= 0.6 is 0 Å². The van der Waals surface area contributed by atoms with Gasteiger partial charge in [-0.3, -0.25) is 9.48 Å². The molecule has 1 aromatic heterocycles. The molecule has 1 heterocycles. The highest BCUT2D eigenvalue weighted by molar-refractivity contribution is 5.97. The Bertz CT molecular complexity index is 601. The number of Topliss-reactive ketones (excluding diaryl/α,β-unsaturated/α-hetero) is 1. The zero-order chi connectivity index (χ0) is 12.5. The lowest BCUT2D eigenvalue weighted by atomic mass is 10.0. The first kappa shape index (κ1) is 11.1. The summed E-state index contributed by atoms with van der Waals surface area (Å²) in [5.74, 6) is 0.116. The molecule has 0 amide bonds. The Kier molecular flexibility index (Phi) is 2.70. The number of carbonyl (C=O) groups is 1. The van der Waals surface area contributed by atoms with E-state index in [9.17, 15) is 4.79 Å². The van der Waals surface area contributed by atoms with E-state index in [0.29, 0.717) is 6.42 Å². The predicted octanol–water partition coefficient (Wildman–Crippen LogP) is 1.73. The van der Waals surface area contributed by atoms with Gasteiger partial charge >= 0.3 is 0 Å². The van der Waals surface area contributed by atoms with Gasteiger partial charge in [-0.2, -0.15) is 0 Å². The molecule has 0 N–H and O–H groups in total. The van der Waals surface area contributed by atoms with E-state index in [1.165, 1.54) is 17.5 Å². The monoisotopic (exact) mass is 241 g/mol. The normalized spacial score (nSPS) is 13.6. The van der Waals surface area contributed by atoms with E-state index in [4.69, 9.17) is 0 Å². The van der Waals surface area contributed by atoms with E-state index in [0.717, 1.165) is 24.1 Å². The van der Waals surface area contributed by atoms with E-state index in [2.05, 4.69) is 16.4 Å². The van der Waals surface area contributed by atoms with Gasteiger partial charge in [0.05, 0.1) is 12.1 Å². The average molecular weight is 241 g/mol. The number of hydrogen-bond acceptors (Lipinski definition) is 3. The lowest BCUT2D eigenvalue weighted by Gasteiger charge is -2.03. The van der Waals surface area contributed by atoms with Gasteiger partial charge in [-0.15, -0.1) is 5.10 Å². The van der Waals surface area contributed by atoms with Crippen molar-refractivity contribution in [3.8, 4) is 0 Å². The Balaban J connectivity index is 1.80. The highest BCUT2D eigenvalue weighted by Crippen LogP contribution is 2.23. The standard InChI is InChI=1S/C14H15N3O/c1-17-9-13(15-16-17)8-14(18)12-6-5-10-3-2-4-11(10)7-12/h5-7,9H,2-4,8H2,1H3. The summed E-state index contributed by atoms with van der Waals surface area (Å²) in [4.78, 5) is 12.1. The summed E-state index contributed by atoms with van der Waals surface area (Å²) in [5, 5.41) is 7.78. The van der Waals surface area contributed by atoms with Crippen molar-refractivity contribution in [3.05, 3.63) is 46.8 Å². The molecule has 4 heteroatoms. The van der Waals surface area contributed by atoms with Crippen LogP contribution in [0, 0.1) is 0 Å². The van der Waals surface area contributed by atoms with Gasteiger partial charge in [-0.1, -0.05) is 17.3 Å². The predicted molar refractivity (Wildman–Crippen MR) is 67.5 cm³/mol. The van der Waals surface area contributed by atoms with Crippen LogP contribution in [0.15, 0.2) is 24.4 Å². The quantitative estimate of drug-likeness (QED) is 0.769. The second kappa shape index (κ2) is 4.37. The molecule has 4 nitrogen and oxygen atoms in total. The first-order valence-electron chi connectivity index (χ1n) is 6.22. The number of hydrogen-bond donors (Lipinski definition) is 0. The molecule has 1 aliphatic rings. The van der Waals surface area contributed by atoms with Crippen LogP contribution in [0.3, 0.4) is 0 Å². The van der Waals surface area contributed by atoms with Crippen molar-refractivity contribution in [2.24, 2.45) is 7.05 Å². The van der Waals surface area contributed by atoms with Crippen LogP contribution in [0.25, 0.3) is 0 Å². The molecule has 0 aliphatic heterocycles. The molecule has 0 radical (unpaired) electrons. The number of carbonyl (C=O) groups excluding carboxylic acids is 1. The zero-order valence-electron chi connectivity index (χ0n) is 10.4. The molecule has 0 saturated carbocycles. The van der Waals surface area contributed by atoms with Crippen LogP contribution in [0.4, 0.5) is 0 Å². The fourth-order valence-electron chi connectivity index (χ4n) is 2.49. The van der Waals surface area contributed by atoms with Crippen molar-refractivity contribution in [1.82, 2.24) is 15.0 Å². The number of nitrogens with zero attached hydrogens (tertiary/aromatic N) is 3. The molecule has 0 fully saturated rings. The lowest BCUT2D eigenvalue weighted by molar-refractivity contribution is 0.0992. The van der Waals surface area contributed by atoms with Gasteiger partial charge in [0.1, 0.15) is 0 Å². The second-order valence-electron chi connectivity index (χ2n) is 4.82. The summed E-state index contributed by atoms with van der Waals surface area (Å²) in [7, 11) is 1.80. The average Bonchev–Trinajstić information content (AvgIpc) is 2.96. The molecular formula is C14H15N3O. The minimum absolute atomic E-state index is 0.116. The summed E-state index contributed by atoms with van der Waals surface area (Å²) in [6.45, 7) is 0. The van der Waals surface area contributed by atoms with Crippen molar-refractivity contribution in [1.29, 1.82) is 0 Å². The Morgan fingerprint density at radius 1 is 1.33 bits per heavy atom. The summed E-state index contributed by atoms with van der Waals surface area (Å²) in [6, 6.07) is 6.07. The summed E-state index contributed by atoms with van der Waals surface area (Å²) < 4.78 is 1.62. The van der Waals surface area contributed by atoms with Crippen LogP contribution in [0.5, 0.6) is 0 Å². The molecule has 1 aromatic carbocycles. The van der Waals surface area contributed by atoms with Gasteiger partial charge in [0, 0.05) is 18.8 Å². The zero-order valence-corrected chi connectivity index (χ0v) is 10.4. The van der Waals surface area contributed by atoms with Crippen molar-refractivity contribution in [2.45, 2.75) is 25.7 Å². The van der Waals surface area contributed by atoms with E-state index >= 15 is 0 Å². The SMILES string of the molecule is Cn1cc(CC(=O)c2ccc3c(c2)CCC3)nn1. The molecule has 1 aliphatic carbocycles. The third-order valence-electron chi connectivity index (χ3n) is 3.41. The topological polar surface area (TPSA) is 47.8 Å². The van der Waals surface area contributed by atoms with Gasteiger partial charge in [0.15, 0.2) is 5.78 Å². The van der Waals surface area contributed by atoms with Crippen LogP contribution < -0.4 is 0 Å². The number of rotatable bonds is 3. The van der Waals surface area contributed by atoms with E-state index in [1.54, 1.807) is 17.9 Å². The molecule has 0 spiro atoms. The van der Waals surface area contributed by atoms with Crippen molar-refractivity contribution < 1.29 is 4.79 Å². The lowest BCUT2D eigenvalue weighted by Crippen LogP contribution is -2.04. The minimum Gasteiger partial charge on any atom is -0.294 e. The third-order valence-corrected chi connectivity index (χ3v) is 3.41. The van der Waals surface area contributed by atoms with Crippen LogP contribution in [-0.4, -0.2) is 20.8 Å². The number of aryl methyl sites for hydroxylation is 3. The maximum Gasteiger partial charge on any atom is 0.168 e.